The van der Waals surface area contributed by atoms with Crippen molar-refractivity contribution in [2.45, 2.75) is 6.42 Å². The van der Waals surface area contributed by atoms with Crippen molar-refractivity contribution in [1.29, 1.82) is 0 Å². The summed E-state index contributed by atoms with van der Waals surface area (Å²) in [6.07, 6.45) is 9.26. The number of imidazole rings is 1. The molecule has 0 saturated carbocycles. The van der Waals surface area contributed by atoms with Crippen LogP contribution in [0.2, 0.25) is 0 Å². The van der Waals surface area contributed by atoms with Crippen LogP contribution in [0.25, 0.3) is 33.1 Å². The van der Waals surface area contributed by atoms with E-state index in [9.17, 15) is 4.79 Å². The Morgan fingerprint density at radius 2 is 1.83 bits per heavy atom. The highest BCUT2D eigenvalue weighted by molar-refractivity contribution is 6.00. The van der Waals surface area contributed by atoms with E-state index in [4.69, 9.17) is 0 Å². The molecule has 0 aliphatic heterocycles. The van der Waals surface area contributed by atoms with Gasteiger partial charge in [0.2, 0.25) is 0 Å². The van der Waals surface area contributed by atoms with Gasteiger partial charge in [-0.2, -0.15) is 5.10 Å². The highest BCUT2D eigenvalue weighted by atomic mass is 16.1. The van der Waals surface area contributed by atoms with Crippen molar-refractivity contribution in [3.63, 3.8) is 0 Å². The van der Waals surface area contributed by atoms with Gasteiger partial charge in [-0.25, -0.2) is 4.98 Å². The molecular formula is C22H18N6O. The molecular weight excluding hydrogens is 364 g/mol. The molecule has 0 N–H and O–H groups in total. The van der Waals surface area contributed by atoms with Gasteiger partial charge in [-0.1, -0.05) is 0 Å². The lowest BCUT2D eigenvalue weighted by Gasteiger charge is -2.05. The Kier molecular flexibility index (Phi) is 3.94. The minimum Gasteiger partial charge on any atom is -0.334 e. The van der Waals surface area contributed by atoms with Gasteiger partial charge in [0.05, 0.1) is 41.7 Å². The zero-order valence-corrected chi connectivity index (χ0v) is 16.1. The first-order valence-electron chi connectivity index (χ1n) is 9.25. The fraction of sp³-hybridized carbons (Fsp3) is 0.136. The van der Waals surface area contributed by atoms with E-state index in [0.717, 1.165) is 33.1 Å². The van der Waals surface area contributed by atoms with Crippen LogP contribution in [-0.2, 0) is 20.5 Å². The maximum absolute atomic E-state index is 12.8. The number of carbonyl (C=O) groups is 1. The molecule has 0 unspecified atom stereocenters. The molecule has 0 saturated heterocycles. The fourth-order valence-corrected chi connectivity index (χ4v) is 3.48. The van der Waals surface area contributed by atoms with Crippen molar-refractivity contribution in [3.05, 3.63) is 72.7 Å². The van der Waals surface area contributed by atoms with E-state index in [2.05, 4.69) is 26.1 Å². The topological polar surface area (TPSA) is 78.5 Å². The first kappa shape index (κ1) is 17.2. The van der Waals surface area contributed by atoms with Crippen LogP contribution in [0, 0.1) is 0 Å². The molecule has 0 aliphatic rings. The zero-order valence-electron chi connectivity index (χ0n) is 16.1. The zero-order chi connectivity index (χ0) is 20.0. The summed E-state index contributed by atoms with van der Waals surface area (Å²) < 4.78 is 3.69. The lowest BCUT2D eigenvalue weighted by atomic mass is 10.0. The van der Waals surface area contributed by atoms with Crippen molar-refractivity contribution in [3.8, 4) is 11.1 Å². The molecule has 142 valence electrons. The third-order valence-corrected chi connectivity index (χ3v) is 5.05. The van der Waals surface area contributed by atoms with E-state index < -0.39 is 0 Å². The average molecular weight is 382 g/mol. The normalized spacial score (nSPS) is 11.4. The van der Waals surface area contributed by atoms with Crippen LogP contribution < -0.4 is 0 Å². The second kappa shape index (κ2) is 6.63. The molecule has 0 atom stereocenters. The lowest BCUT2D eigenvalue weighted by Crippen LogP contribution is -2.05. The number of rotatable bonds is 4. The van der Waals surface area contributed by atoms with Crippen molar-refractivity contribution in [1.82, 2.24) is 29.3 Å². The van der Waals surface area contributed by atoms with Crippen molar-refractivity contribution < 1.29 is 4.79 Å². The number of aryl methyl sites for hydroxylation is 2. The van der Waals surface area contributed by atoms with Gasteiger partial charge in [0.15, 0.2) is 5.78 Å². The Balaban J connectivity index is 1.45. The number of Topliss-reactive ketones (excluding diaryl/α,β-unsaturated/α-hetero) is 1. The number of benzene rings is 1. The fourth-order valence-electron chi connectivity index (χ4n) is 3.48. The summed E-state index contributed by atoms with van der Waals surface area (Å²) >= 11 is 0. The molecule has 0 spiro atoms. The van der Waals surface area contributed by atoms with Gasteiger partial charge in [-0.15, -0.1) is 0 Å². The highest BCUT2D eigenvalue weighted by Crippen LogP contribution is 2.23. The third kappa shape index (κ3) is 3.16. The second-order valence-corrected chi connectivity index (χ2v) is 7.15. The molecule has 0 aliphatic carbocycles. The first-order chi connectivity index (χ1) is 14.1. The Bertz CT molecular complexity index is 1380. The molecule has 4 aromatic heterocycles. The van der Waals surface area contributed by atoms with Gasteiger partial charge in [-0.3, -0.25) is 19.4 Å². The van der Waals surface area contributed by atoms with Crippen LogP contribution in [0.4, 0.5) is 0 Å². The van der Waals surface area contributed by atoms with Crippen LogP contribution >= 0.6 is 0 Å². The Morgan fingerprint density at radius 3 is 2.66 bits per heavy atom. The smallest absolute Gasteiger partial charge is 0.168 e. The van der Waals surface area contributed by atoms with E-state index in [-0.39, 0.29) is 12.2 Å². The summed E-state index contributed by atoms with van der Waals surface area (Å²) in [5.74, 6) is 0.0146. The van der Waals surface area contributed by atoms with Crippen LogP contribution in [0.1, 0.15) is 16.1 Å². The Morgan fingerprint density at radius 1 is 0.931 bits per heavy atom. The summed E-state index contributed by atoms with van der Waals surface area (Å²) in [5.41, 5.74) is 5.95. The first-order valence-corrected chi connectivity index (χ1v) is 9.25. The molecule has 7 nitrogen and oxygen atoms in total. The standard InChI is InChI=1S/C22H18N6O/c1-27-13-25-19-7-14(3-4-21(19)27)22(29)8-18-6-15-5-16(9-24-20(15)11-23-18)17-10-26-28(2)12-17/h3-7,9-13H,8H2,1-2H3. The van der Waals surface area contributed by atoms with E-state index in [0.29, 0.717) is 11.3 Å². The number of hydrogen-bond donors (Lipinski definition) is 0. The lowest BCUT2D eigenvalue weighted by molar-refractivity contribution is 0.0992. The van der Waals surface area contributed by atoms with E-state index >= 15 is 0 Å². The number of pyridine rings is 2. The number of aromatic nitrogens is 6. The number of nitrogens with zero attached hydrogens (tertiary/aromatic N) is 6. The molecule has 7 heteroatoms. The number of fused-ring (bicyclic) bond motifs is 2. The van der Waals surface area contributed by atoms with E-state index in [1.807, 2.05) is 61.5 Å². The molecule has 0 radical (unpaired) electrons. The van der Waals surface area contributed by atoms with E-state index in [1.165, 1.54) is 0 Å². The van der Waals surface area contributed by atoms with Crippen LogP contribution in [-0.4, -0.2) is 35.1 Å². The van der Waals surface area contributed by atoms with Gasteiger partial charge in [0.25, 0.3) is 0 Å². The summed E-state index contributed by atoms with van der Waals surface area (Å²) in [5, 5.41) is 5.16. The van der Waals surface area contributed by atoms with E-state index in [1.54, 1.807) is 17.2 Å². The van der Waals surface area contributed by atoms with Gasteiger partial charge in [0.1, 0.15) is 0 Å². The molecule has 0 bridgehead atoms. The van der Waals surface area contributed by atoms with Gasteiger partial charge >= 0.3 is 0 Å². The maximum atomic E-state index is 12.8. The Hall–Kier alpha value is -3.87. The van der Waals surface area contributed by atoms with Crippen molar-refractivity contribution in [2.24, 2.45) is 14.1 Å². The van der Waals surface area contributed by atoms with Crippen LogP contribution in [0.15, 0.2) is 61.4 Å². The minimum atomic E-state index is 0.0146. The minimum absolute atomic E-state index is 0.0146. The second-order valence-electron chi connectivity index (χ2n) is 7.15. The number of ketones is 1. The predicted molar refractivity (Wildman–Crippen MR) is 110 cm³/mol. The molecule has 29 heavy (non-hydrogen) atoms. The molecule has 1 aromatic carbocycles. The average Bonchev–Trinajstić information content (AvgIpc) is 3.33. The van der Waals surface area contributed by atoms with Crippen LogP contribution in [0.3, 0.4) is 0 Å². The summed E-state index contributed by atoms with van der Waals surface area (Å²) in [6, 6.07) is 9.58. The maximum Gasteiger partial charge on any atom is 0.168 e. The number of carbonyl (C=O) groups excluding carboxylic acids is 1. The quantitative estimate of drug-likeness (QED) is 0.446. The third-order valence-electron chi connectivity index (χ3n) is 5.05. The molecule has 0 fully saturated rings. The van der Waals surface area contributed by atoms with Gasteiger partial charge in [-0.05, 0) is 30.3 Å². The monoisotopic (exact) mass is 382 g/mol. The Labute approximate surface area is 166 Å². The van der Waals surface area contributed by atoms with Crippen LogP contribution in [0.5, 0.6) is 0 Å². The van der Waals surface area contributed by atoms with Gasteiger partial charge in [0, 0.05) is 54.3 Å². The largest absolute Gasteiger partial charge is 0.334 e. The SMILES string of the molecule is Cn1cc(-c2cnc3cnc(CC(=O)c4ccc5c(c4)ncn5C)cc3c2)cn1. The van der Waals surface area contributed by atoms with Crippen molar-refractivity contribution >= 4 is 27.7 Å². The predicted octanol–water partition coefficient (Wildman–Crippen LogP) is 3.34. The summed E-state index contributed by atoms with van der Waals surface area (Å²) in [6.45, 7) is 0. The summed E-state index contributed by atoms with van der Waals surface area (Å²) in [7, 11) is 3.82. The van der Waals surface area contributed by atoms with Crippen molar-refractivity contribution in [2.75, 3.05) is 0 Å². The molecule has 0 amide bonds. The molecule has 5 aromatic rings. The number of hydrogen-bond acceptors (Lipinski definition) is 5. The molecule has 4 heterocycles. The summed E-state index contributed by atoms with van der Waals surface area (Å²) in [4.78, 5) is 26.0. The highest BCUT2D eigenvalue weighted by Gasteiger charge is 2.12. The molecule has 5 rings (SSSR count). The van der Waals surface area contributed by atoms with Gasteiger partial charge < -0.3 is 4.57 Å².